The van der Waals surface area contributed by atoms with Gasteiger partial charge in [0.2, 0.25) is 0 Å². The summed E-state index contributed by atoms with van der Waals surface area (Å²) in [6, 6.07) is 12.8. The van der Waals surface area contributed by atoms with Gasteiger partial charge in [-0.05, 0) is 119 Å². The zero-order valence-electron chi connectivity index (χ0n) is 17.1. The highest BCUT2D eigenvalue weighted by molar-refractivity contribution is 9.11. The number of hydrogen-bond acceptors (Lipinski definition) is 2. The van der Waals surface area contributed by atoms with Crippen LogP contribution in [0.15, 0.2) is 50.4 Å². The van der Waals surface area contributed by atoms with Crippen LogP contribution in [0.1, 0.15) is 55.3 Å². The van der Waals surface area contributed by atoms with Gasteiger partial charge in [-0.25, -0.2) is 0 Å². The normalized spacial score (nSPS) is 19.0. The van der Waals surface area contributed by atoms with E-state index in [-0.39, 0.29) is 0 Å². The number of nitrogens with zero attached hydrogens (tertiary/aromatic N) is 1. The second-order valence-electron chi connectivity index (χ2n) is 8.67. The van der Waals surface area contributed by atoms with Gasteiger partial charge in [0.1, 0.15) is 0 Å². The fourth-order valence-corrected chi connectivity index (χ4v) is 5.95. The number of aryl methyl sites for hydroxylation is 2. The Labute approximate surface area is 195 Å². The lowest BCUT2D eigenvalue weighted by Crippen LogP contribution is -2.17. The summed E-state index contributed by atoms with van der Waals surface area (Å²) in [5.74, 6) is 0.728. The largest absolute Gasteiger partial charge is 0.357 e. The highest BCUT2D eigenvalue weighted by atomic mass is 79.9. The summed E-state index contributed by atoms with van der Waals surface area (Å²) >= 11 is 7.51. The molecular formula is C25H27Br2N3. The quantitative estimate of drug-likeness (QED) is 0.333. The minimum absolute atomic E-state index is 0.728. The summed E-state index contributed by atoms with van der Waals surface area (Å²) in [5, 5.41) is 6.10. The number of fused-ring (bicyclic) bond motifs is 3. The summed E-state index contributed by atoms with van der Waals surface area (Å²) in [5.41, 5.74) is 11.3. The molecule has 1 saturated carbocycles. The highest BCUT2D eigenvalue weighted by Crippen LogP contribution is 2.37. The van der Waals surface area contributed by atoms with Crippen LogP contribution in [0.3, 0.4) is 0 Å². The molecule has 0 aliphatic heterocycles. The number of hydrazone groups is 1. The van der Waals surface area contributed by atoms with E-state index in [4.69, 9.17) is 0 Å². The van der Waals surface area contributed by atoms with Crippen LogP contribution in [0, 0.1) is 5.92 Å². The number of anilines is 1. The van der Waals surface area contributed by atoms with Gasteiger partial charge < -0.3 is 4.98 Å². The van der Waals surface area contributed by atoms with Crippen molar-refractivity contribution in [3.8, 4) is 0 Å². The van der Waals surface area contributed by atoms with E-state index in [9.17, 15) is 0 Å². The second-order valence-corrected chi connectivity index (χ2v) is 10.3. The molecule has 0 atom stereocenters. The first-order valence-electron chi connectivity index (χ1n) is 11.1. The third kappa shape index (κ3) is 4.11. The minimum Gasteiger partial charge on any atom is -0.357 e. The minimum atomic E-state index is 0.728. The fraction of sp³-hybridized carbons (Fsp3) is 0.400. The Morgan fingerprint density at radius 3 is 2.60 bits per heavy atom. The molecule has 156 valence electrons. The molecule has 0 spiro atoms. The van der Waals surface area contributed by atoms with E-state index in [0.717, 1.165) is 35.3 Å². The number of H-pyrrole nitrogens is 1. The molecular weight excluding hydrogens is 502 g/mol. The van der Waals surface area contributed by atoms with E-state index in [0.29, 0.717) is 0 Å². The van der Waals surface area contributed by atoms with Crippen LogP contribution in [0.5, 0.6) is 0 Å². The van der Waals surface area contributed by atoms with Gasteiger partial charge in [0.05, 0.1) is 11.2 Å². The maximum Gasteiger partial charge on any atom is 0.0703 e. The van der Waals surface area contributed by atoms with Gasteiger partial charge in [-0.3, -0.25) is 5.43 Å². The lowest BCUT2D eigenvalue weighted by Gasteiger charge is -2.23. The molecule has 0 unspecified atom stereocenters. The van der Waals surface area contributed by atoms with Gasteiger partial charge in [0.15, 0.2) is 0 Å². The Morgan fingerprint density at radius 2 is 1.77 bits per heavy atom. The molecule has 2 N–H and O–H groups in total. The lowest BCUT2D eigenvalue weighted by molar-refractivity contribution is 0.439. The summed E-state index contributed by atoms with van der Waals surface area (Å²) in [6.45, 7) is 0. The topological polar surface area (TPSA) is 40.2 Å². The molecule has 2 aliphatic carbocycles. The van der Waals surface area contributed by atoms with E-state index in [2.05, 4.69) is 59.5 Å². The molecule has 5 rings (SSSR count). The molecule has 3 nitrogen and oxygen atoms in total. The summed E-state index contributed by atoms with van der Waals surface area (Å²) < 4.78 is 2.33. The maximum absolute atomic E-state index is 4.67. The number of aromatic nitrogens is 1. The molecule has 0 bridgehead atoms. The third-order valence-corrected chi connectivity index (χ3v) is 8.29. The molecule has 1 fully saturated rings. The van der Waals surface area contributed by atoms with Gasteiger partial charge in [0.25, 0.3) is 0 Å². The zero-order chi connectivity index (χ0) is 20.5. The molecule has 1 heterocycles. The van der Waals surface area contributed by atoms with Gasteiger partial charge in [-0.1, -0.05) is 24.3 Å². The molecule has 3 aromatic rings. The summed E-state index contributed by atoms with van der Waals surface area (Å²) in [6.07, 6.45) is 10.8. The molecule has 0 saturated heterocycles. The van der Waals surface area contributed by atoms with E-state index < -0.39 is 0 Å². The first-order chi connectivity index (χ1) is 14.7. The van der Waals surface area contributed by atoms with Crippen LogP contribution < -0.4 is 5.43 Å². The Morgan fingerprint density at radius 1 is 0.967 bits per heavy atom. The van der Waals surface area contributed by atoms with Crippen molar-refractivity contribution in [2.45, 2.75) is 57.8 Å². The monoisotopic (exact) mass is 527 g/mol. The average Bonchev–Trinajstić information content (AvgIpc) is 3.16. The van der Waals surface area contributed by atoms with Crippen molar-refractivity contribution in [3.05, 3.63) is 62.2 Å². The van der Waals surface area contributed by atoms with Crippen molar-refractivity contribution in [2.75, 3.05) is 5.43 Å². The van der Waals surface area contributed by atoms with Crippen LogP contribution in [-0.4, -0.2) is 10.7 Å². The van der Waals surface area contributed by atoms with Crippen molar-refractivity contribution in [1.82, 2.24) is 4.98 Å². The Bertz CT molecular complexity index is 1090. The molecule has 30 heavy (non-hydrogen) atoms. The van der Waals surface area contributed by atoms with Crippen molar-refractivity contribution in [2.24, 2.45) is 11.0 Å². The summed E-state index contributed by atoms with van der Waals surface area (Å²) in [4.78, 5) is 3.73. The molecule has 2 aromatic carbocycles. The first kappa shape index (κ1) is 20.3. The first-order valence-corrected chi connectivity index (χ1v) is 12.6. The van der Waals surface area contributed by atoms with Crippen LogP contribution >= 0.6 is 31.9 Å². The zero-order valence-corrected chi connectivity index (χ0v) is 20.3. The Hall–Kier alpha value is -1.59. The highest BCUT2D eigenvalue weighted by Gasteiger charge is 2.22. The van der Waals surface area contributed by atoms with Crippen molar-refractivity contribution >= 4 is 54.2 Å². The van der Waals surface area contributed by atoms with E-state index in [1.165, 1.54) is 70.9 Å². The van der Waals surface area contributed by atoms with Gasteiger partial charge in [0, 0.05) is 25.7 Å². The van der Waals surface area contributed by atoms with E-state index in [1.54, 1.807) is 5.56 Å². The van der Waals surface area contributed by atoms with Crippen LogP contribution in [0.4, 0.5) is 5.69 Å². The number of halogens is 2. The van der Waals surface area contributed by atoms with E-state index >= 15 is 0 Å². The Kier molecular flexibility index (Phi) is 6.01. The van der Waals surface area contributed by atoms with Crippen LogP contribution in [-0.2, 0) is 19.3 Å². The smallest absolute Gasteiger partial charge is 0.0703 e. The SMILES string of the molecule is Brc1ccccc1NN=C1CCC(Cc2ccc3c4c([nH]c3c2Br)CCCC4)CC1. The second kappa shape index (κ2) is 8.88. The van der Waals surface area contributed by atoms with Crippen LogP contribution in [0.2, 0.25) is 0 Å². The maximum atomic E-state index is 4.67. The molecule has 5 heteroatoms. The predicted octanol–water partition coefficient (Wildman–Crippen LogP) is 7.77. The number of benzene rings is 2. The average molecular weight is 529 g/mol. The molecule has 2 aliphatic rings. The molecule has 1 aromatic heterocycles. The van der Waals surface area contributed by atoms with Crippen molar-refractivity contribution in [1.29, 1.82) is 0 Å². The lowest BCUT2D eigenvalue weighted by atomic mass is 9.83. The summed E-state index contributed by atoms with van der Waals surface area (Å²) in [7, 11) is 0. The number of hydrogen-bond donors (Lipinski definition) is 2. The third-order valence-electron chi connectivity index (χ3n) is 6.69. The predicted molar refractivity (Wildman–Crippen MR) is 134 cm³/mol. The van der Waals surface area contributed by atoms with Crippen molar-refractivity contribution < 1.29 is 0 Å². The number of nitrogens with one attached hydrogen (secondary N) is 2. The number of rotatable bonds is 4. The van der Waals surface area contributed by atoms with Crippen LogP contribution in [0.25, 0.3) is 10.9 Å². The van der Waals surface area contributed by atoms with Gasteiger partial charge in [-0.15, -0.1) is 0 Å². The number of aromatic amines is 1. The molecule has 0 radical (unpaired) electrons. The van der Waals surface area contributed by atoms with E-state index in [1.807, 2.05) is 24.3 Å². The van der Waals surface area contributed by atoms with Crippen molar-refractivity contribution in [3.63, 3.8) is 0 Å². The Balaban J connectivity index is 1.24. The molecule has 0 amide bonds. The fourth-order valence-electron chi connectivity index (χ4n) is 4.97. The number of para-hydroxylation sites is 1. The van der Waals surface area contributed by atoms with Gasteiger partial charge >= 0.3 is 0 Å². The van der Waals surface area contributed by atoms with Gasteiger partial charge in [-0.2, -0.15) is 5.10 Å². The standard InChI is InChI=1S/C25H27Br2N3/c26-21-6-2-4-8-23(21)30-29-18-12-9-16(10-13-18)15-17-11-14-20-19-5-1-3-7-22(19)28-25(20)24(17)27/h2,4,6,8,11,14,16,28,30H,1,3,5,7,9-10,12-13,15H2.